The minimum Gasteiger partial charge on any atom is -0.455 e. The Bertz CT molecular complexity index is 732. The predicted molar refractivity (Wildman–Crippen MR) is 90.9 cm³/mol. The molecule has 0 unspecified atom stereocenters. The zero-order valence-electron chi connectivity index (χ0n) is 12.4. The van der Waals surface area contributed by atoms with Gasteiger partial charge in [-0.25, -0.2) is 0 Å². The number of halogens is 2. The monoisotopic (exact) mass is 351 g/mol. The summed E-state index contributed by atoms with van der Waals surface area (Å²) in [5, 5.41) is 3.35. The summed E-state index contributed by atoms with van der Waals surface area (Å²) >= 11 is 11.7. The molecule has 2 aromatic carbocycles. The lowest BCUT2D eigenvalue weighted by Crippen LogP contribution is -2.21. The van der Waals surface area contributed by atoms with Gasteiger partial charge in [0.2, 0.25) is 0 Å². The molecular weight excluding hydrogens is 337 g/mol. The first-order valence-electron chi connectivity index (χ1n) is 6.91. The first-order chi connectivity index (χ1) is 11.0. The van der Waals surface area contributed by atoms with Crippen LogP contribution in [0.5, 0.6) is 0 Å². The standard InChI is InChI=1S/C17H15Cl2NO3/c1-11-4-2-3-5-12(11)8-17(22)23-10-16(21)20-15-7-6-13(18)9-14(15)19/h2-7,9H,8,10H2,1H3,(H,20,21). The van der Waals surface area contributed by atoms with Gasteiger partial charge in [-0.2, -0.15) is 0 Å². The van der Waals surface area contributed by atoms with Crippen molar-refractivity contribution in [2.24, 2.45) is 0 Å². The number of carbonyl (C=O) groups is 2. The maximum atomic E-state index is 11.8. The number of aryl methyl sites for hydroxylation is 1. The van der Waals surface area contributed by atoms with E-state index in [0.29, 0.717) is 15.7 Å². The molecule has 6 heteroatoms. The summed E-state index contributed by atoms with van der Waals surface area (Å²) in [6, 6.07) is 12.2. The number of anilines is 1. The van der Waals surface area contributed by atoms with Crippen molar-refractivity contribution in [3.63, 3.8) is 0 Å². The number of ether oxygens (including phenoxy) is 1. The summed E-state index contributed by atoms with van der Waals surface area (Å²) in [7, 11) is 0. The van der Waals surface area contributed by atoms with Gasteiger partial charge in [-0.15, -0.1) is 0 Å². The normalized spacial score (nSPS) is 10.2. The summed E-state index contributed by atoms with van der Waals surface area (Å²) in [5.41, 5.74) is 2.29. The first kappa shape index (κ1) is 17.3. The van der Waals surface area contributed by atoms with Crippen molar-refractivity contribution < 1.29 is 14.3 Å². The van der Waals surface area contributed by atoms with Crippen LogP contribution >= 0.6 is 23.2 Å². The van der Waals surface area contributed by atoms with E-state index in [1.807, 2.05) is 31.2 Å². The third-order valence-electron chi connectivity index (χ3n) is 3.17. The second-order valence-corrected chi connectivity index (χ2v) is 5.78. The zero-order valence-corrected chi connectivity index (χ0v) is 13.9. The molecule has 0 atom stereocenters. The number of amides is 1. The van der Waals surface area contributed by atoms with E-state index in [1.165, 1.54) is 6.07 Å². The lowest BCUT2D eigenvalue weighted by atomic mass is 10.1. The molecule has 0 saturated heterocycles. The molecule has 23 heavy (non-hydrogen) atoms. The average molecular weight is 352 g/mol. The smallest absolute Gasteiger partial charge is 0.310 e. The largest absolute Gasteiger partial charge is 0.455 e. The van der Waals surface area contributed by atoms with Crippen LogP contribution in [0, 0.1) is 6.92 Å². The molecule has 2 rings (SSSR count). The summed E-state index contributed by atoms with van der Waals surface area (Å²) in [6.45, 7) is 1.54. The zero-order chi connectivity index (χ0) is 16.8. The highest BCUT2D eigenvalue weighted by atomic mass is 35.5. The molecule has 0 fully saturated rings. The van der Waals surface area contributed by atoms with Crippen molar-refractivity contribution in [3.8, 4) is 0 Å². The van der Waals surface area contributed by atoms with E-state index >= 15 is 0 Å². The van der Waals surface area contributed by atoms with Gasteiger partial charge in [-0.1, -0.05) is 47.5 Å². The summed E-state index contributed by atoms with van der Waals surface area (Å²) in [4.78, 5) is 23.6. The van der Waals surface area contributed by atoms with Crippen molar-refractivity contribution in [1.29, 1.82) is 0 Å². The molecule has 1 N–H and O–H groups in total. The minimum absolute atomic E-state index is 0.127. The molecule has 4 nitrogen and oxygen atoms in total. The van der Waals surface area contributed by atoms with Crippen LogP contribution in [0.3, 0.4) is 0 Å². The minimum atomic E-state index is -0.465. The number of esters is 1. The van der Waals surface area contributed by atoms with E-state index in [0.717, 1.165) is 11.1 Å². The average Bonchev–Trinajstić information content (AvgIpc) is 2.50. The van der Waals surface area contributed by atoms with E-state index in [-0.39, 0.29) is 13.0 Å². The van der Waals surface area contributed by atoms with Crippen molar-refractivity contribution in [3.05, 3.63) is 63.6 Å². The van der Waals surface area contributed by atoms with E-state index in [4.69, 9.17) is 27.9 Å². The van der Waals surface area contributed by atoms with Crippen LogP contribution in [0.15, 0.2) is 42.5 Å². The number of rotatable bonds is 5. The van der Waals surface area contributed by atoms with Gasteiger partial charge in [0.05, 0.1) is 17.1 Å². The van der Waals surface area contributed by atoms with E-state index < -0.39 is 11.9 Å². The van der Waals surface area contributed by atoms with Crippen molar-refractivity contribution in [2.45, 2.75) is 13.3 Å². The highest BCUT2D eigenvalue weighted by Crippen LogP contribution is 2.25. The molecule has 0 radical (unpaired) electrons. The van der Waals surface area contributed by atoms with Gasteiger partial charge >= 0.3 is 5.97 Å². The van der Waals surface area contributed by atoms with Gasteiger partial charge in [0.1, 0.15) is 0 Å². The third kappa shape index (κ3) is 5.27. The van der Waals surface area contributed by atoms with Gasteiger partial charge in [0.25, 0.3) is 5.91 Å². The fraction of sp³-hybridized carbons (Fsp3) is 0.176. The number of nitrogens with one attached hydrogen (secondary N) is 1. The Labute approximate surface area is 144 Å². The lowest BCUT2D eigenvalue weighted by molar-refractivity contribution is -0.146. The number of hydrogen-bond donors (Lipinski definition) is 1. The van der Waals surface area contributed by atoms with Crippen LogP contribution in [0.4, 0.5) is 5.69 Å². The van der Waals surface area contributed by atoms with Gasteiger partial charge in [0.15, 0.2) is 6.61 Å². The summed E-state index contributed by atoms with van der Waals surface area (Å²) in [5.74, 6) is -0.927. The lowest BCUT2D eigenvalue weighted by Gasteiger charge is -2.09. The Morgan fingerprint density at radius 1 is 1.13 bits per heavy atom. The highest BCUT2D eigenvalue weighted by molar-refractivity contribution is 6.36. The Morgan fingerprint density at radius 2 is 1.87 bits per heavy atom. The molecular formula is C17H15Cl2NO3. The molecule has 2 aromatic rings. The Balaban J connectivity index is 1.84. The van der Waals surface area contributed by atoms with Gasteiger partial charge in [-0.05, 0) is 36.2 Å². The second-order valence-electron chi connectivity index (χ2n) is 4.94. The summed E-state index contributed by atoms with van der Waals surface area (Å²) < 4.78 is 4.98. The third-order valence-corrected chi connectivity index (χ3v) is 3.71. The van der Waals surface area contributed by atoms with Crippen LogP contribution in [0.2, 0.25) is 10.0 Å². The van der Waals surface area contributed by atoms with Crippen LogP contribution in [0.1, 0.15) is 11.1 Å². The molecule has 0 bridgehead atoms. The quantitative estimate of drug-likeness (QED) is 0.827. The van der Waals surface area contributed by atoms with Crippen molar-refractivity contribution in [1.82, 2.24) is 0 Å². The number of carbonyl (C=O) groups excluding carboxylic acids is 2. The molecule has 0 aliphatic rings. The van der Waals surface area contributed by atoms with Crippen molar-refractivity contribution >= 4 is 40.8 Å². The maximum absolute atomic E-state index is 11.8. The van der Waals surface area contributed by atoms with Crippen LogP contribution < -0.4 is 5.32 Å². The molecule has 0 aromatic heterocycles. The Morgan fingerprint density at radius 3 is 2.57 bits per heavy atom. The number of hydrogen-bond acceptors (Lipinski definition) is 3. The van der Waals surface area contributed by atoms with Crippen LogP contribution in [0.25, 0.3) is 0 Å². The number of benzene rings is 2. The Hall–Kier alpha value is -2.04. The van der Waals surface area contributed by atoms with E-state index in [9.17, 15) is 9.59 Å². The van der Waals surface area contributed by atoms with Crippen LogP contribution in [-0.4, -0.2) is 18.5 Å². The molecule has 0 spiro atoms. The van der Waals surface area contributed by atoms with Crippen LogP contribution in [-0.2, 0) is 20.7 Å². The first-order valence-corrected chi connectivity index (χ1v) is 7.66. The molecule has 0 saturated carbocycles. The van der Waals surface area contributed by atoms with Gasteiger partial charge < -0.3 is 10.1 Å². The molecule has 120 valence electrons. The second kappa shape index (κ2) is 7.99. The predicted octanol–water partition coefficient (Wildman–Crippen LogP) is 4.03. The van der Waals surface area contributed by atoms with Crippen molar-refractivity contribution in [2.75, 3.05) is 11.9 Å². The fourth-order valence-corrected chi connectivity index (χ4v) is 2.39. The van der Waals surface area contributed by atoms with E-state index in [1.54, 1.807) is 12.1 Å². The van der Waals surface area contributed by atoms with Gasteiger partial charge in [-0.3, -0.25) is 9.59 Å². The Kier molecular flexibility index (Phi) is 6.02. The van der Waals surface area contributed by atoms with Gasteiger partial charge in [0, 0.05) is 5.02 Å². The topological polar surface area (TPSA) is 55.4 Å². The molecule has 0 aliphatic heterocycles. The fourth-order valence-electron chi connectivity index (χ4n) is 1.94. The van der Waals surface area contributed by atoms with E-state index in [2.05, 4.69) is 5.32 Å². The maximum Gasteiger partial charge on any atom is 0.310 e. The molecule has 0 heterocycles. The highest BCUT2D eigenvalue weighted by Gasteiger charge is 2.11. The summed E-state index contributed by atoms with van der Waals surface area (Å²) in [6.07, 6.45) is 0.127. The molecule has 0 aliphatic carbocycles. The molecule has 1 amide bonds. The SMILES string of the molecule is Cc1ccccc1CC(=O)OCC(=O)Nc1ccc(Cl)cc1Cl.